The molecule has 6 nitrogen and oxygen atoms in total. The molecule has 0 aliphatic heterocycles. The number of hydrogen-bond acceptors (Lipinski definition) is 6. The summed E-state index contributed by atoms with van der Waals surface area (Å²) in [5, 5.41) is -1.40. The number of sulfone groups is 1. The van der Waals surface area contributed by atoms with Gasteiger partial charge in [-0.3, -0.25) is 4.79 Å². The minimum absolute atomic E-state index is 0.173. The Labute approximate surface area is 150 Å². The smallest absolute Gasteiger partial charge is 0.325 e. The van der Waals surface area contributed by atoms with Crippen LogP contribution in [0.25, 0.3) is 0 Å². The molecule has 25 heavy (non-hydrogen) atoms. The first-order valence-corrected chi connectivity index (χ1v) is 9.26. The van der Waals surface area contributed by atoms with Crippen LogP contribution in [0.2, 0.25) is 5.02 Å². The second-order valence-electron chi connectivity index (χ2n) is 5.22. The number of rotatable bonds is 7. The fourth-order valence-electron chi connectivity index (χ4n) is 2.52. The second-order valence-corrected chi connectivity index (χ2v) is 7.67. The number of pyridine rings is 1. The number of ether oxygens (including phenoxy) is 1. The molecule has 1 heterocycles. The quantitative estimate of drug-likeness (QED) is 0.540. The van der Waals surface area contributed by atoms with E-state index in [1.54, 1.807) is 30.3 Å². The lowest BCUT2D eigenvalue weighted by Crippen LogP contribution is -2.38. The summed E-state index contributed by atoms with van der Waals surface area (Å²) in [5.74, 6) is -1.87. The monoisotopic (exact) mass is 381 g/mol. The maximum absolute atomic E-state index is 13.0. The van der Waals surface area contributed by atoms with Gasteiger partial charge in [-0.15, -0.1) is 0 Å². The van der Waals surface area contributed by atoms with E-state index in [-0.39, 0.29) is 11.4 Å². The van der Waals surface area contributed by atoms with Gasteiger partial charge in [0.1, 0.15) is 6.29 Å². The van der Waals surface area contributed by atoms with E-state index in [0.717, 1.165) is 7.11 Å². The van der Waals surface area contributed by atoms with Crippen LogP contribution in [0.5, 0.6) is 0 Å². The number of benzene rings is 1. The van der Waals surface area contributed by atoms with Crippen molar-refractivity contribution < 1.29 is 22.7 Å². The van der Waals surface area contributed by atoms with Crippen LogP contribution >= 0.6 is 11.6 Å². The summed E-state index contributed by atoms with van der Waals surface area (Å²) in [5.41, 5.74) is 0.492. The van der Waals surface area contributed by atoms with Crippen molar-refractivity contribution in [3.63, 3.8) is 0 Å². The first kappa shape index (κ1) is 19.1. The van der Waals surface area contributed by atoms with E-state index >= 15 is 0 Å². The average Bonchev–Trinajstić information content (AvgIpc) is 2.62. The Kier molecular flexibility index (Phi) is 6.27. The number of aldehydes is 1. The maximum Gasteiger partial charge on any atom is 0.325 e. The van der Waals surface area contributed by atoms with Crippen LogP contribution in [-0.4, -0.2) is 38.0 Å². The number of halogens is 1. The van der Waals surface area contributed by atoms with Gasteiger partial charge in [-0.05, 0) is 29.8 Å². The van der Waals surface area contributed by atoms with E-state index in [1.807, 2.05) is 0 Å². The van der Waals surface area contributed by atoms with Crippen molar-refractivity contribution in [1.29, 1.82) is 0 Å². The zero-order chi connectivity index (χ0) is 18.4. The van der Waals surface area contributed by atoms with Gasteiger partial charge in [-0.25, -0.2) is 13.4 Å². The topological polar surface area (TPSA) is 90.4 Å². The molecule has 2 rings (SSSR count). The van der Waals surface area contributed by atoms with Gasteiger partial charge >= 0.3 is 5.97 Å². The highest BCUT2D eigenvalue weighted by Crippen LogP contribution is 2.32. The summed E-state index contributed by atoms with van der Waals surface area (Å²) in [6, 6.07) is 10.7. The zero-order valence-corrected chi connectivity index (χ0v) is 14.9. The lowest BCUT2D eigenvalue weighted by atomic mass is 9.92. The summed E-state index contributed by atoms with van der Waals surface area (Å²) in [4.78, 5) is 27.3. The maximum atomic E-state index is 13.0. The van der Waals surface area contributed by atoms with Crippen molar-refractivity contribution in [2.45, 2.75) is 22.6 Å². The first-order chi connectivity index (χ1) is 11.9. The van der Waals surface area contributed by atoms with Gasteiger partial charge < -0.3 is 9.53 Å². The van der Waals surface area contributed by atoms with Crippen LogP contribution in [0.3, 0.4) is 0 Å². The van der Waals surface area contributed by atoms with E-state index in [9.17, 15) is 18.0 Å². The molecule has 0 spiro atoms. The normalized spacial score (nSPS) is 13.7. The Morgan fingerprint density at radius 1 is 1.24 bits per heavy atom. The molecule has 0 N–H and O–H groups in total. The molecule has 0 saturated heterocycles. The minimum atomic E-state index is -4.17. The lowest BCUT2D eigenvalue weighted by Gasteiger charge is -2.24. The van der Waals surface area contributed by atoms with Crippen LogP contribution in [0.1, 0.15) is 17.9 Å². The number of carbonyl (C=O) groups is 2. The molecule has 0 fully saturated rings. The summed E-state index contributed by atoms with van der Waals surface area (Å²) in [7, 11) is -3.07. The Balaban J connectivity index is 2.59. The van der Waals surface area contributed by atoms with Gasteiger partial charge in [0.2, 0.25) is 9.84 Å². The largest absolute Gasteiger partial charge is 0.468 e. The van der Waals surface area contributed by atoms with Gasteiger partial charge in [0.05, 0.1) is 7.11 Å². The van der Waals surface area contributed by atoms with Crippen LogP contribution in [-0.2, 0) is 24.2 Å². The fourth-order valence-corrected chi connectivity index (χ4v) is 4.43. The average molecular weight is 382 g/mol. The zero-order valence-electron chi connectivity index (χ0n) is 13.3. The van der Waals surface area contributed by atoms with Crippen LogP contribution in [0.15, 0.2) is 53.7 Å². The summed E-state index contributed by atoms with van der Waals surface area (Å²) in [6.07, 6.45) is 1.72. The summed E-state index contributed by atoms with van der Waals surface area (Å²) in [6.45, 7) is 0. The molecule has 1 aromatic carbocycles. The third-order valence-electron chi connectivity index (χ3n) is 3.71. The molecule has 0 aliphatic rings. The molecular formula is C17H16ClNO5S. The summed E-state index contributed by atoms with van der Waals surface area (Å²) >= 11 is 5.86. The van der Waals surface area contributed by atoms with Crippen molar-refractivity contribution in [2.75, 3.05) is 7.11 Å². The number of aromatic nitrogens is 1. The number of carbonyl (C=O) groups excluding carboxylic acids is 2. The van der Waals surface area contributed by atoms with Gasteiger partial charge in [-0.2, -0.15) is 0 Å². The predicted octanol–water partition coefficient (Wildman–Crippen LogP) is 2.42. The SMILES string of the molecule is COC(=O)[C@H]([C@@H](CC=O)c1ccc(Cl)cc1)S(=O)(=O)c1ccccn1. The highest BCUT2D eigenvalue weighted by Gasteiger charge is 2.42. The van der Waals surface area contributed by atoms with E-state index in [4.69, 9.17) is 16.3 Å². The minimum Gasteiger partial charge on any atom is -0.468 e. The summed E-state index contributed by atoms with van der Waals surface area (Å²) < 4.78 is 30.7. The van der Waals surface area contributed by atoms with E-state index in [1.165, 1.54) is 18.3 Å². The molecular weight excluding hydrogens is 366 g/mol. The van der Waals surface area contributed by atoms with Crippen molar-refractivity contribution in [1.82, 2.24) is 4.98 Å². The van der Waals surface area contributed by atoms with Crippen LogP contribution in [0.4, 0.5) is 0 Å². The molecule has 2 atom stereocenters. The predicted molar refractivity (Wildman–Crippen MR) is 92.1 cm³/mol. The number of esters is 1. The Morgan fingerprint density at radius 2 is 1.92 bits per heavy atom. The van der Waals surface area contributed by atoms with Crippen molar-refractivity contribution in [2.24, 2.45) is 0 Å². The molecule has 2 aromatic rings. The molecule has 0 amide bonds. The van der Waals surface area contributed by atoms with E-state index in [2.05, 4.69) is 4.98 Å². The highest BCUT2D eigenvalue weighted by molar-refractivity contribution is 7.92. The Morgan fingerprint density at radius 3 is 2.44 bits per heavy atom. The molecule has 0 saturated carbocycles. The number of nitrogens with zero attached hydrogens (tertiary/aromatic N) is 1. The first-order valence-electron chi connectivity index (χ1n) is 7.33. The molecule has 0 aliphatic carbocycles. The molecule has 0 bridgehead atoms. The third kappa shape index (κ3) is 4.24. The highest BCUT2D eigenvalue weighted by atomic mass is 35.5. The van der Waals surface area contributed by atoms with Crippen molar-refractivity contribution >= 4 is 33.7 Å². The van der Waals surface area contributed by atoms with Gasteiger partial charge in [0, 0.05) is 23.6 Å². The number of hydrogen-bond donors (Lipinski definition) is 0. The fraction of sp³-hybridized carbons (Fsp3) is 0.235. The lowest BCUT2D eigenvalue weighted by molar-refractivity contribution is -0.140. The molecule has 0 radical (unpaired) electrons. The van der Waals surface area contributed by atoms with Gasteiger partial charge in [-0.1, -0.05) is 29.8 Å². The van der Waals surface area contributed by atoms with Gasteiger partial charge in [0.15, 0.2) is 10.3 Å². The van der Waals surface area contributed by atoms with E-state index in [0.29, 0.717) is 16.9 Å². The molecule has 0 unspecified atom stereocenters. The standard InChI is InChI=1S/C17H16ClNO5S/c1-24-17(21)16(25(22,23)15-4-2-3-10-19-15)14(9-11-20)12-5-7-13(18)8-6-12/h2-8,10-11,14,16H,9H2,1H3/t14-,16-/m0/s1. The van der Waals surface area contributed by atoms with Crippen LogP contribution < -0.4 is 0 Å². The van der Waals surface area contributed by atoms with Gasteiger partial charge in [0.25, 0.3) is 0 Å². The molecule has 132 valence electrons. The number of methoxy groups -OCH3 is 1. The third-order valence-corrected chi connectivity index (χ3v) is 5.98. The molecule has 1 aromatic heterocycles. The van der Waals surface area contributed by atoms with Crippen molar-refractivity contribution in [3.8, 4) is 0 Å². The van der Waals surface area contributed by atoms with Crippen LogP contribution in [0, 0.1) is 0 Å². The second kappa shape index (κ2) is 8.22. The Bertz CT molecular complexity index is 837. The van der Waals surface area contributed by atoms with Crippen molar-refractivity contribution in [3.05, 3.63) is 59.2 Å². The Hall–Kier alpha value is -2.25. The molecule has 8 heteroatoms. The van der Waals surface area contributed by atoms with E-state index < -0.39 is 27.0 Å².